The van der Waals surface area contributed by atoms with Gasteiger partial charge in [-0.2, -0.15) is 0 Å². The Labute approximate surface area is 144 Å². The van der Waals surface area contributed by atoms with Crippen molar-refractivity contribution in [3.63, 3.8) is 0 Å². The van der Waals surface area contributed by atoms with Crippen LogP contribution >= 0.6 is 15.9 Å². The van der Waals surface area contributed by atoms with Gasteiger partial charge in [-0.15, -0.1) is 0 Å². The molecule has 2 aromatic rings. The van der Waals surface area contributed by atoms with Crippen LogP contribution in [0.25, 0.3) is 0 Å². The molecule has 4 nitrogen and oxygen atoms in total. The van der Waals surface area contributed by atoms with Gasteiger partial charge in [-0.3, -0.25) is 4.79 Å². The number of nitrogens with zero attached hydrogens (tertiary/aromatic N) is 2. The molecule has 0 bridgehead atoms. The lowest BCUT2D eigenvalue weighted by molar-refractivity contribution is -0.129. The third-order valence-electron chi connectivity index (χ3n) is 3.94. The van der Waals surface area contributed by atoms with Crippen molar-refractivity contribution in [3.05, 3.63) is 58.2 Å². The highest BCUT2D eigenvalue weighted by Gasteiger charge is 2.28. The highest BCUT2D eigenvalue weighted by Crippen LogP contribution is 2.24. The molecule has 1 aromatic heterocycles. The molecule has 1 aliphatic rings. The summed E-state index contributed by atoms with van der Waals surface area (Å²) in [5.41, 5.74) is 2.24. The van der Waals surface area contributed by atoms with Crippen LogP contribution in [0.4, 0.5) is 0 Å². The summed E-state index contributed by atoms with van der Waals surface area (Å²) in [6.45, 7) is 3.39. The zero-order valence-electron chi connectivity index (χ0n) is 13.0. The first-order chi connectivity index (χ1) is 11.1. The van der Waals surface area contributed by atoms with Crippen LogP contribution in [-0.4, -0.2) is 35.0 Å². The van der Waals surface area contributed by atoms with Crippen molar-refractivity contribution in [1.82, 2.24) is 9.88 Å². The van der Waals surface area contributed by atoms with Gasteiger partial charge in [-0.05, 0) is 40.5 Å². The summed E-state index contributed by atoms with van der Waals surface area (Å²) >= 11 is 3.43. The molecule has 1 atom stereocenters. The largest absolute Gasteiger partial charge is 0.472 e. The Morgan fingerprint density at radius 1 is 1.39 bits per heavy atom. The first-order valence-corrected chi connectivity index (χ1v) is 8.51. The predicted molar refractivity (Wildman–Crippen MR) is 92.4 cm³/mol. The maximum absolute atomic E-state index is 12.4. The minimum Gasteiger partial charge on any atom is -0.472 e. The third-order valence-corrected chi connectivity index (χ3v) is 4.54. The molecular formula is C18H19BrN2O2. The van der Waals surface area contributed by atoms with Crippen molar-refractivity contribution in [2.45, 2.75) is 25.9 Å². The number of hydrogen-bond acceptors (Lipinski definition) is 3. The molecule has 0 unspecified atom stereocenters. The molecule has 5 heteroatoms. The second-order valence-electron chi connectivity index (χ2n) is 5.82. The molecule has 1 fully saturated rings. The van der Waals surface area contributed by atoms with Crippen molar-refractivity contribution in [2.75, 3.05) is 13.1 Å². The van der Waals surface area contributed by atoms with Crippen LogP contribution in [0.1, 0.15) is 17.5 Å². The fourth-order valence-corrected chi connectivity index (χ4v) is 3.12. The number of hydrogen-bond donors (Lipinski definition) is 0. The highest BCUT2D eigenvalue weighted by atomic mass is 79.9. The van der Waals surface area contributed by atoms with Gasteiger partial charge >= 0.3 is 0 Å². The number of aromatic nitrogens is 1. The molecule has 1 saturated heterocycles. The Morgan fingerprint density at radius 2 is 2.26 bits per heavy atom. The molecule has 0 spiro atoms. The normalized spacial score (nSPS) is 17.3. The van der Waals surface area contributed by atoms with Crippen LogP contribution in [0.3, 0.4) is 0 Å². The molecule has 1 aromatic carbocycles. The monoisotopic (exact) mass is 374 g/mol. The number of carbonyl (C=O) groups is 1. The molecular weight excluding hydrogens is 356 g/mol. The number of benzene rings is 1. The number of ether oxygens (including phenoxy) is 1. The molecule has 0 radical (unpaired) electrons. The van der Waals surface area contributed by atoms with Crippen LogP contribution in [0.5, 0.6) is 5.88 Å². The van der Waals surface area contributed by atoms with Crippen LogP contribution < -0.4 is 4.74 Å². The average Bonchev–Trinajstić information content (AvgIpc) is 2.98. The molecule has 0 aliphatic carbocycles. The Hall–Kier alpha value is -1.88. The average molecular weight is 375 g/mol. The number of likely N-dealkylation sites (tertiary alicyclic amines) is 1. The minimum atomic E-state index is 0.00246. The second kappa shape index (κ2) is 7.13. The number of carbonyl (C=O) groups excluding carboxylic acids is 1. The van der Waals surface area contributed by atoms with Crippen molar-refractivity contribution in [3.8, 4) is 5.88 Å². The van der Waals surface area contributed by atoms with Crippen LogP contribution in [0.2, 0.25) is 0 Å². The van der Waals surface area contributed by atoms with E-state index in [1.165, 1.54) is 5.56 Å². The Bertz CT molecular complexity index is 705. The van der Waals surface area contributed by atoms with Crippen molar-refractivity contribution in [2.24, 2.45) is 0 Å². The predicted octanol–water partition coefficient (Wildman–Crippen LogP) is 3.37. The molecule has 23 heavy (non-hydrogen) atoms. The third kappa shape index (κ3) is 4.10. The van der Waals surface area contributed by atoms with Crippen LogP contribution in [-0.2, 0) is 11.2 Å². The first kappa shape index (κ1) is 16.0. The van der Waals surface area contributed by atoms with Crippen molar-refractivity contribution < 1.29 is 9.53 Å². The van der Waals surface area contributed by atoms with E-state index in [1.807, 2.05) is 42.2 Å². The second-order valence-corrected chi connectivity index (χ2v) is 6.68. The highest BCUT2D eigenvalue weighted by molar-refractivity contribution is 9.10. The van der Waals surface area contributed by atoms with E-state index in [4.69, 9.17) is 4.74 Å². The maximum Gasteiger partial charge on any atom is 0.228 e. The van der Waals surface area contributed by atoms with Crippen LogP contribution in [0.15, 0.2) is 47.1 Å². The molecule has 3 rings (SSSR count). The van der Waals surface area contributed by atoms with Gasteiger partial charge in [-0.25, -0.2) is 4.98 Å². The molecule has 1 aliphatic heterocycles. The number of amides is 1. The van der Waals surface area contributed by atoms with E-state index in [1.54, 1.807) is 6.20 Å². The number of aryl methyl sites for hydroxylation is 1. The van der Waals surface area contributed by atoms with Gasteiger partial charge in [0.2, 0.25) is 11.8 Å². The quantitative estimate of drug-likeness (QED) is 0.823. The summed E-state index contributed by atoms with van der Waals surface area (Å²) in [5.74, 6) is 0.743. The van der Waals surface area contributed by atoms with E-state index in [-0.39, 0.29) is 12.0 Å². The van der Waals surface area contributed by atoms with Crippen LogP contribution in [0, 0.1) is 6.92 Å². The number of pyridine rings is 1. The van der Waals surface area contributed by atoms with Crippen molar-refractivity contribution >= 4 is 21.8 Å². The molecule has 1 amide bonds. The van der Waals surface area contributed by atoms with Gasteiger partial charge in [-0.1, -0.05) is 29.8 Å². The number of rotatable bonds is 4. The van der Waals surface area contributed by atoms with Gasteiger partial charge in [0, 0.05) is 19.2 Å². The van der Waals surface area contributed by atoms with Gasteiger partial charge in [0.25, 0.3) is 0 Å². The summed E-state index contributed by atoms with van der Waals surface area (Å²) in [6.07, 6.45) is 2.99. The van der Waals surface area contributed by atoms with Gasteiger partial charge in [0.1, 0.15) is 6.10 Å². The Kier molecular flexibility index (Phi) is 4.96. The summed E-state index contributed by atoms with van der Waals surface area (Å²) in [5, 5.41) is 0. The Morgan fingerprint density at radius 3 is 3.04 bits per heavy atom. The van der Waals surface area contributed by atoms with E-state index in [0.29, 0.717) is 18.8 Å². The maximum atomic E-state index is 12.4. The number of halogens is 1. The van der Waals surface area contributed by atoms with E-state index in [0.717, 1.165) is 23.0 Å². The Balaban J connectivity index is 1.57. The van der Waals surface area contributed by atoms with E-state index >= 15 is 0 Å². The SMILES string of the molecule is Cc1cccc(CC(=O)N2CC[C@@H](Oc3ncccc3Br)C2)c1. The molecule has 0 saturated carbocycles. The summed E-state index contributed by atoms with van der Waals surface area (Å²) in [6, 6.07) is 11.8. The summed E-state index contributed by atoms with van der Waals surface area (Å²) in [7, 11) is 0. The topological polar surface area (TPSA) is 42.4 Å². The summed E-state index contributed by atoms with van der Waals surface area (Å²) < 4.78 is 6.74. The molecule has 2 heterocycles. The zero-order chi connectivity index (χ0) is 16.2. The van der Waals surface area contributed by atoms with Gasteiger partial charge < -0.3 is 9.64 Å². The molecule has 0 N–H and O–H groups in total. The summed E-state index contributed by atoms with van der Waals surface area (Å²) in [4.78, 5) is 18.5. The van der Waals surface area contributed by atoms with E-state index in [9.17, 15) is 4.79 Å². The fourth-order valence-electron chi connectivity index (χ4n) is 2.78. The minimum absolute atomic E-state index is 0.00246. The first-order valence-electron chi connectivity index (χ1n) is 7.72. The van der Waals surface area contributed by atoms with Crippen molar-refractivity contribution in [1.29, 1.82) is 0 Å². The molecule has 120 valence electrons. The van der Waals surface area contributed by atoms with Gasteiger partial charge in [0.05, 0.1) is 17.4 Å². The lowest BCUT2D eigenvalue weighted by Crippen LogP contribution is -2.32. The standard InChI is InChI=1S/C18H19BrN2O2/c1-13-4-2-5-14(10-13)11-17(22)21-9-7-15(12-21)23-18-16(19)6-3-8-20-18/h2-6,8,10,15H,7,9,11-12H2,1H3/t15-/m1/s1. The van der Waals surface area contributed by atoms with Gasteiger partial charge in [0.15, 0.2) is 0 Å². The smallest absolute Gasteiger partial charge is 0.228 e. The van der Waals surface area contributed by atoms with E-state index < -0.39 is 0 Å². The lowest BCUT2D eigenvalue weighted by Gasteiger charge is -2.17. The fraction of sp³-hybridized carbons (Fsp3) is 0.333. The van der Waals surface area contributed by atoms with E-state index in [2.05, 4.69) is 27.0 Å². The lowest BCUT2D eigenvalue weighted by atomic mass is 10.1. The zero-order valence-corrected chi connectivity index (χ0v) is 14.6.